The summed E-state index contributed by atoms with van der Waals surface area (Å²) < 4.78 is 0. The van der Waals surface area contributed by atoms with Crippen molar-refractivity contribution in [2.24, 2.45) is 0 Å². The highest BCUT2D eigenvalue weighted by atomic mass is 16.2. The van der Waals surface area contributed by atoms with E-state index < -0.39 is 0 Å². The van der Waals surface area contributed by atoms with Crippen molar-refractivity contribution in [1.29, 1.82) is 5.26 Å². The molecule has 0 unspecified atom stereocenters. The van der Waals surface area contributed by atoms with Crippen molar-refractivity contribution in [3.63, 3.8) is 0 Å². The SMILES string of the molecule is C[C@H](C(=O)Nc1ccc(C#N)cc1)N1CCN(Cc2ccccc2)CC1. The van der Waals surface area contributed by atoms with Gasteiger partial charge in [0, 0.05) is 38.4 Å². The van der Waals surface area contributed by atoms with Gasteiger partial charge in [0.1, 0.15) is 0 Å². The van der Waals surface area contributed by atoms with Crippen LogP contribution >= 0.6 is 0 Å². The van der Waals surface area contributed by atoms with Crippen LogP contribution in [0.15, 0.2) is 54.6 Å². The highest BCUT2D eigenvalue weighted by Gasteiger charge is 2.25. The second-order valence-electron chi connectivity index (χ2n) is 6.65. The number of amides is 1. The topological polar surface area (TPSA) is 59.4 Å². The lowest BCUT2D eigenvalue weighted by molar-refractivity contribution is -0.121. The van der Waals surface area contributed by atoms with Gasteiger partial charge in [-0.15, -0.1) is 0 Å². The van der Waals surface area contributed by atoms with Crippen LogP contribution in [0.1, 0.15) is 18.1 Å². The minimum atomic E-state index is -0.176. The zero-order chi connectivity index (χ0) is 18.4. The number of anilines is 1. The number of hydrogen-bond donors (Lipinski definition) is 1. The normalized spacial score (nSPS) is 16.6. The first-order chi connectivity index (χ1) is 12.7. The van der Waals surface area contributed by atoms with Crippen LogP contribution in [0.25, 0.3) is 0 Å². The summed E-state index contributed by atoms with van der Waals surface area (Å²) in [7, 11) is 0. The molecule has 0 spiro atoms. The number of carbonyl (C=O) groups excluding carboxylic acids is 1. The third kappa shape index (κ3) is 4.69. The lowest BCUT2D eigenvalue weighted by Crippen LogP contribution is -2.52. The van der Waals surface area contributed by atoms with E-state index in [9.17, 15) is 4.79 Å². The molecule has 1 atom stereocenters. The van der Waals surface area contributed by atoms with Crippen LogP contribution < -0.4 is 5.32 Å². The molecular formula is C21H24N4O. The minimum absolute atomic E-state index is 0.00813. The quantitative estimate of drug-likeness (QED) is 0.903. The Bertz CT molecular complexity index is 759. The third-order valence-corrected chi connectivity index (χ3v) is 4.86. The van der Waals surface area contributed by atoms with Crippen molar-refractivity contribution < 1.29 is 4.79 Å². The van der Waals surface area contributed by atoms with Crippen LogP contribution in [0, 0.1) is 11.3 Å². The lowest BCUT2D eigenvalue weighted by Gasteiger charge is -2.37. The van der Waals surface area contributed by atoms with E-state index in [0.717, 1.165) is 38.4 Å². The molecule has 1 heterocycles. The number of nitrogens with zero attached hydrogens (tertiary/aromatic N) is 3. The fourth-order valence-electron chi connectivity index (χ4n) is 3.19. The van der Waals surface area contributed by atoms with Gasteiger partial charge < -0.3 is 5.32 Å². The van der Waals surface area contributed by atoms with E-state index in [1.807, 2.05) is 13.0 Å². The van der Waals surface area contributed by atoms with Crippen molar-refractivity contribution in [3.05, 3.63) is 65.7 Å². The summed E-state index contributed by atoms with van der Waals surface area (Å²) in [5.41, 5.74) is 2.64. The second kappa shape index (κ2) is 8.61. The summed E-state index contributed by atoms with van der Waals surface area (Å²) in [6, 6.07) is 19.3. The Labute approximate surface area is 154 Å². The maximum Gasteiger partial charge on any atom is 0.241 e. The Morgan fingerprint density at radius 1 is 1.08 bits per heavy atom. The van der Waals surface area contributed by atoms with Gasteiger partial charge in [0.05, 0.1) is 17.7 Å². The van der Waals surface area contributed by atoms with Crippen LogP contribution in [-0.2, 0) is 11.3 Å². The molecule has 134 valence electrons. The highest BCUT2D eigenvalue weighted by molar-refractivity contribution is 5.94. The number of rotatable bonds is 5. The predicted octanol–water partition coefficient (Wildman–Crippen LogP) is 2.70. The molecule has 1 fully saturated rings. The number of nitrogens with one attached hydrogen (secondary N) is 1. The predicted molar refractivity (Wildman–Crippen MR) is 103 cm³/mol. The molecule has 1 aliphatic rings. The van der Waals surface area contributed by atoms with E-state index in [1.165, 1.54) is 5.56 Å². The average molecular weight is 348 g/mol. The Hall–Kier alpha value is -2.68. The highest BCUT2D eigenvalue weighted by Crippen LogP contribution is 2.13. The fraction of sp³-hybridized carbons (Fsp3) is 0.333. The molecule has 2 aromatic rings. The van der Waals surface area contributed by atoms with Crippen LogP contribution in [0.2, 0.25) is 0 Å². The molecule has 0 bridgehead atoms. The van der Waals surface area contributed by atoms with Gasteiger partial charge in [-0.2, -0.15) is 5.26 Å². The molecule has 0 aliphatic carbocycles. The van der Waals surface area contributed by atoms with E-state index in [2.05, 4.69) is 45.5 Å². The first-order valence-electron chi connectivity index (χ1n) is 8.97. The largest absolute Gasteiger partial charge is 0.325 e. The van der Waals surface area contributed by atoms with Gasteiger partial charge in [0.15, 0.2) is 0 Å². The van der Waals surface area contributed by atoms with Crippen molar-refractivity contribution in [2.45, 2.75) is 19.5 Å². The van der Waals surface area contributed by atoms with Gasteiger partial charge in [-0.3, -0.25) is 14.6 Å². The average Bonchev–Trinajstić information content (AvgIpc) is 2.69. The monoisotopic (exact) mass is 348 g/mol. The van der Waals surface area contributed by atoms with Gasteiger partial charge in [0.2, 0.25) is 5.91 Å². The molecule has 5 heteroatoms. The summed E-state index contributed by atoms with van der Waals surface area (Å²) in [6.45, 7) is 6.60. The molecule has 1 saturated heterocycles. The molecule has 3 rings (SSSR count). The molecule has 0 radical (unpaired) electrons. The summed E-state index contributed by atoms with van der Waals surface area (Å²) in [4.78, 5) is 17.2. The Morgan fingerprint density at radius 2 is 1.73 bits per heavy atom. The minimum Gasteiger partial charge on any atom is -0.325 e. The van der Waals surface area contributed by atoms with Crippen LogP contribution in [0.5, 0.6) is 0 Å². The first kappa shape index (κ1) is 18.1. The molecule has 26 heavy (non-hydrogen) atoms. The Kier molecular flexibility index (Phi) is 6.00. The van der Waals surface area contributed by atoms with Gasteiger partial charge in [0.25, 0.3) is 0 Å². The third-order valence-electron chi connectivity index (χ3n) is 4.86. The first-order valence-corrected chi connectivity index (χ1v) is 8.97. The van der Waals surface area contributed by atoms with E-state index >= 15 is 0 Å². The van der Waals surface area contributed by atoms with E-state index in [1.54, 1.807) is 24.3 Å². The van der Waals surface area contributed by atoms with E-state index in [4.69, 9.17) is 5.26 Å². The second-order valence-corrected chi connectivity index (χ2v) is 6.65. The zero-order valence-electron chi connectivity index (χ0n) is 15.1. The van der Waals surface area contributed by atoms with Crippen molar-refractivity contribution >= 4 is 11.6 Å². The fourth-order valence-corrected chi connectivity index (χ4v) is 3.19. The summed E-state index contributed by atoms with van der Waals surface area (Å²) in [6.07, 6.45) is 0. The zero-order valence-corrected chi connectivity index (χ0v) is 15.1. The standard InChI is InChI=1S/C21H24N4O/c1-17(21(26)23-20-9-7-18(15-22)8-10-20)25-13-11-24(12-14-25)16-19-5-3-2-4-6-19/h2-10,17H,11-14,16H2,1H3,(H,23,26)/t17-/m1/s1. The van der Waals surface area contributed by atoms with Crippen LogP contribution in [0.4, 0.5) is 5.69 Å². The molecule has 2 aromatic carbocycles. The number of piperazine rings is 1. The Balaban J connectivity index is 1.48. The smallest absolute Gasteiger partial charge is 0.241 e. The maximum atomic E-state index is 12.5. The molecule has 0 aromatic heterocycles. The van der Waals surface area contributed by atoms with Crippen LogP contribution in [-0.4, -0.2) is 47.9 Å². The van der Waals surface area contributed by atoms with Crippen molar-refractivity contribution in [3.8, 4) is 6.07 Å². The van der Waals surface area contributed by atoms with Gasteiger partial charge >= 0.3 is 0 Å². The Morgan fingerprint density at radius 3 is 2.35 bits per heavy atom. The molecule has 5 nitrogen and oxygen atoms in total. The van der Waals surface area contributed by atoms with E-state index in [0.29, 0.717) is 5.56 Å². The molecule has 0 saturated carbocycles. The number of hydrogen-bond acceptors (Lipinski definition) is 4. The van der Waals surface area contributed by atoms with Gasteiger partial charge in [-0.05, 0) is 36.8 Å². The number of carbonyl (C=O) groups is 1. The van der Waals surface area contributed by atoms with Gasteiger partial charge in [-0.1, -0.05) is 30.3 Å². The van der Waals surface area contributed by atoms with Gasteiger partial charge in [-0.25, -0.2) is 0 Å². The summed E-state index contributed by atoms with van der Waals surface area (Å²) in [5.74, 6) is -0.00813. The summed E-state index contributed by atoms with van der Waals surface area (Å²) in [5, 5.41) is 11.8. The van der Waals surface area contributed by atoms with Crippen molar-refractivity contribution in [2.75, 3.05) is 31.5 Å². The lowest BCUT2D eigenvalue weighted by atomic mass is 10.1. The molecule has 1 N–H and O–H groups in total. The number of benzene rings is 2. The maximum absolute atomic E-state index is 12.5. The summed E-state index contributed by atoms with van der Waals surface area (Å²) >= 11 is 0. The van der Waals surface area contributed by atoms with Crippen molar-refractivity contribution in [1.82, 2.24) is 9.80 Å². The van der Waals surface area contributed by atoms with Crippen LogP contribution in [0.3, 0.4) is 0 Å². The molecular weight excluding hydrogens is 324 g/mol. The molecule has 1 amide bonds. The molecule has 1 aliphatic heterocycles. The number of nitriles is 1. The van der Waals surface area contributed by atoms with E-state index in [-0.39, 0.29) is 11.9 Å².